The van der Waals surface area contributed by atoms with E-state index >= 15 is 0 Å². The number of hydrogen-bond donors (Lipinski definition) is 1. The molecule has 0 atom stereocenters. The van der Waals surface area contributed by atoms with Gasteiger partial charge in [-0.2, -0.15) is 0 Å². The Labute approximate surface area is 138 Å². The number of rotatable bonds is 3. The van der Waals surface area contributed by atoms with Crippen LogP contribution in [0.3, 0.4) is 0 Å². The van der Waals surface area contributed by atoms with Gasteiger partial charge in [-0.15, -0.1) is 0 Å². The highest BCUT2D eigenvalue weighted by molar-refractivity contribution is 14.1. The SMILES string of the molecule is O=C(NCc1ccccc1Cl)c1cc(Br)ccc1I. The van der Waals surface area contributed by atoms with Crippen molar-refractivity contribution < 1.29 is 4.79 Å². The van der Waals surface area contributed by atoms with Gasteiger partial charge in [0.1, 0.15) is 0 Å². The summed E-state index contributed by atoms with van der Waals surface area (Å²) in [6.07, 6.45) is 0. The van der Waals surface area contributed by atoms with E-state index in [-0.39, 0.29) is 5.91 Å². The minimum atomic E-state index is -0.106. The highest BCUT2D eigenvalue weighted by atomic mass is 127. The predicted molar refractivity (Wildman–Crippen MR) is 89.5 cm³/mol. The Balaban J connectivity index is 2.10. The van der Waals surface area contributed by atoms with Crippen LogP contribution in [0.2, 0.25) is 5.02 Å². The molecule has 5 heteroatoms. The summed E-state index contributed by atoms with van der Waals surface area (Å²) in [5, 5.41) is 3.53. The molecule has 2 nitrogen and oxygen atoms in total. The standard InChI is InChI=1S/C14H10BrClINO/c15-10-5-6-13(17)11(7-10)14(19)18-8-9-3-1-2-4-12(9)16/h1-7H,8H2,(H,18,19). The Morgan fingerprint density at radius 1 is 1.26 bits per heavy atom. The first-order valence-electron chi connectivity index (χ1n) is 5.54. The zero-order valence-electron chi connectivity index (χ0n) is 9.79. The van der Waals surface area contributed by atoms with E-state index in [0.717, 1.165) is 13.6 Å². The minimum Gasteiger partial charge on any atom is -0.348 e. The molecule has 0 aliphatic carbocycles. The molecule has 1 N–H and O–H groups in total. The monoisotopic (exact) mass is 449 g/mol. The van der Waals surface area contributed by atoms with Crippen LogP contribution in [0.4, 0.5) is 0 Å². The van der Waals surface area contributed by atoms with Crippen molar-refractivity contribution in [2.24, 2.45) is 0 Å². The van der Waals surface area contributed by atoms with Crippen LogP contribution in [0.25, 0.3) is 0 Å². The molecule has 0 unspecified atom stereocenters. The Bertz CT molecular complexity index is 618. The lowest BCUT2D eigenvalue weighted by molar-refractivity contribution is 0.0950. The summed E-state index contributed by atoms with van der Waals surface area (Å²) in [6, 6.07) is 13.1. The van der Waals surface area contributed by atoms with Crippen LogP contribution in [-0.2, 0) is 6.54 Å². The lowest BCUT2D eigenvalue weighted by Crippen LogP contribution is -2.23. The molecule has 0 spiro atoms. The van der Waals surface area contributed by atoms with Crippen molar-refractivity contribution in [3.8, 4) is 0 Å². The smallest absolute Gasteiger partial charge is 0.252 e. The van der Waals surface area contributed by atoms with Gasteiger partial charge in [0.05, 0.1) is 5.56 Å². The first-order chi connectivity index (χ1) is 9.08. The van der Waals surface area contributed by atoms with Gasteiger partial charge in [0.2, 0.25) is 0 Å². The van der Waals surface area contributed by atoms with E-state index in [1.165, 1.54) is 0 Å². The van der Waals surface area contributed by atoms with E-state index < -0.39 is 0 Å². The normalized spacial score (nSPS) is 10.3. The van der Waals surface area contributed by atoms with E-state index in [1.54, 1.807) is 0 Å². The van der Waals surface area contributed by atoms with Crippen molar-refractivity contribution in [3.63, 3.8) is 0 Å². The maximum atomic E-state index is 12.1. The molecule has 19 heavy (non-hydrogen) atoms. The van der Waals surface area contributed by atoms with E-state index in [4.69, 9.17) is 11.6 Å². The molecule has 0 aromatic heterocycles. The van der Waals surface area contributed by atoms with Gasteiger partial charge in [-0.1, -0.05) is 45.7 Å². The van der Waals surface area contributed by atoms with Gasteiger partial charge in [-0.25, -0.2) is 0 Å². The van der Waals surface area contributed by atoms with E-state index in [2.05, 4.69) is 43.8 Å². The molecule has 98 valence electrons. The molecule has 0 heterocycles. The van der Waals surface area contributed by atoms with Gasteiger partial charge >= 0.3 is 0 Å². The van der Waals surface area contributed by atoms with Gasteiger partial charge in [0.25, 0.3) is 5.91 Å². The summed E-state index contributed by atoms with van der Waals surface area (Å²) < 4.78 is 1.80. The summed E-state index contributed by atoms with van der Waals surface area (Å²) >= 11 is 11.6. The summed E-state index contributed by atoms with van der Waals surface area (Å²) in [5.74, 6) is -0.106. The molecule has 0 bridgehead atoms. The van der Waals surface area contributed by atoms with Crippen LogP contribution >= 0.6 is 50.1 Å². The predicted octanol–water partition coefficient (Wildman–Crippen LogP) is 4.64. The number of nitrogens with one attached hydrogen (secondary N) is 1. The Morgan fingerprint density at radius 3 is 2.74 bits per heavy atom. The molecule has 2 aromatic carbocycles. The molecule has 0 saturated heterocycles. The van der Waals surface area contributed by atoms with Crippen LogP contribution in [0.5, 0.6) is 0 Å². The van der Waals surface area contributed by atoms with Crippen molar-refractivity contribution in [3.05, 3.63) is 66.7 Å². The van der Waals surface area contributed by atoms with Crippen molar-refractivity contribution in [2.45, 2.75) is 6.54 Å². The van der Waals surface area contributed by atoms with Crippen LogP contribution < -0.4 is 5.32 Å². The van der Waals surface area contributed by atoms with Gasteiger partial charge in [-0.3, -0.25) is 4.79 Å². The van der Waals surface area contributed by atoms with Gasteiger partial charge < -0.3 is 5.32 Å². The average molecular weight is 451 g/mol. The van der Waals surface area contributed by atoms with Crippen molar-refractivity contribution in [2.75, 3.05) is 0 Å². The molecule has 2 aromatic rings. The fourth-order valence-corrected chi connectivity index (χ4v) is 2.73. The highest BCUT2D eigenvalue weighted by Gasteiger charge is 2.10. The van der Waals surface area contributed by atoms with Crippen LogP contribution in [0, 0.1) is 3.57 Å². The molecule has 0 fully saturated rings. The third kappa shape index (κ3) is 3.94. The Morgan fingerprint density at radius 2 is 2.00 bits per heavy atom. The molecular weight excluding hydrogens is 440 g/mol. The molecule has 0 saturated carbocycles. The third-order valence-corrected chi connectivity index (χ3v) is 4.37. The van der Waals surface area contributed by atoms with E-state index in [9.17, 15) is 4.79 Å². The molecule has 0 aliphatic rings. The fraction of sp³-hybridized carbons (Fsp3) is 0.0714. The number of benzene rings is 2. The topological polar surface area (TPSA) is 29.1 Å². The zero-order chi connectivity index (χ0) is 13.8. The second-order valence-electron chi connectivity index (χ2n) is 3.90. The van der Waals surface area contributed by atoms with Gasteiger partial charge in [-0.05, 0) is 52.4 Å². The number of hydrogen-bond acceptors (Lipinski definition) is 1. The second-order valence-corrected chi connectivity index (χ2v) is 6.38. The quantitative estimate of drug-likeness (QED) is 0.679. The van der Waals surface area contributed by atoms with Gasteiger partial charge in [0.15, 0.2) is 0 Å². The van der Waals surface area contributed by atoms with Gasteiger partial charge in [0, 0.05) is 19.6 Å². The van der Waals surface area contributed by atoms with E-state index in [0.29, 0.717) is 17.1 Å². The summed E-state index contributed by atoms with van der Waals surface area (Å²) in [7, 11) is 0. The first kappa shape index (κ1) is 14.8. The number of carbonyl (C=O) groups excluding carboxylic acids is 1. The summed E-state index contributed by atoms with van der Waals surface area (Å²) in [5.41, 5.74) is 1.56. The van der Waals surface area contributed by atoms with Crippen molar-refractivity contribution in [1.29, 1.82) is 0 Å². The molecule has 1 amide bonds. The fourth-order valence-electron chi connectivity index (χ4n) is 1.58. The first-order valence-corrected chi connectivity index (χ1v) is 7.79. The zero-order valence-corrected chi connectivity index (χ0v) is 14.3. The summed E-state index contributed by atoms with van der Waals surface area (Å²) in [6.45, 7) is 0.418. The molecule has 0 aliphatic heterocycles. The Kier molecular flexibility index (Phi) is 5.24. The second kappa shape index (κ2) is 6.72. The largest absolute Gasteiger partial charge is 0.348 e. The lowest BCUT2D eigenvalue weighted by Gasteiger charge is -2.08. The van der Waals surface area contributed by atoms with Crippen molar-refractivity contribution in [1.82, 2.24) is 5.32 Å². The number of amides is 1. The number of carbonyl (C=O) groups is 1. The van der Waals surface area contributed by atoms with Crippen LogP contribution in [0.1, 0.15) is 15.9 Å². The number of halogens is 3. The third-order valence-electron chi connectivity index (χ3n) is 2.57. The molecule has 2 rings (SSSR count). The minimum absolute atomic E-state index is 0.106. The molecule has 0 radical (unpaired) electrons. The average Bonchev–Trinajstić information content (AvgIpc) is 2.40. The molecular formula is C14H10BrClINO. The Hall–Kier alpha value is -0.590. The van der Waals surface area contributed by atoms with Crippen molar-refractivity contribution >= 4 is 56.0 Å². The van der Waals surface area contributed by atoms with Crippen LogP contribution in [-0.4, -0.2) is 5.91 Å². The lowest BCUT2D eigenvalue weighted by atomic mass is 10.2. The van der Waals surface area contributed by atoms with Crippen LogP contribution in [0.15, 0.2) is 46.9 Å². The highest BCUT2D eigenvalue weighted by Crippen LogP contribution is 2.19. The van der Waals surface area contributed by atoms with E-state index in [1.807, 2.05) is 42.5 Å². The maximum absolute atomic E-state index is 12.1. The maximum Gasteiger partial charge on any atom is 0.252 e. The summed E-state index contributed by atoms with van der Waals surface area (Å²) in [4.78, 5) is 12.1.